The summed E-state index contributed by atoms with van der Waals surface area (Å²) in [4.78, 5) is 26.3. The first-order chi connectivity index (χ1) is 19.7. The fraction of sp³-hybridized carbons (Fsp3) is 0.303. The minimum Gasteiger partial charge on any atom is -0.369 e. The summed E-state index contributed by atoms with van der Waals surface area (Å²) < 4.78 is 0. The summed E-state index contributed by atoms with van der Waals surface area (Å²) in [7, 11) is 2.17. The van der Waals surface area contributed by atoms with Gasteiger partial charge >= 0.3 is 0 Å². The van der Waals surface area contributed by atoms with E-state index < -0.39 is 0 Å². The summed E-state index contributed by atoms with van der Waals surface area (Å²) in [5.41, 5.74) is 9.41. The molecule has 3 heterocycles. The van der Waals surface area contributed by atoms with Crippen molar-refractivity contribution in [2.45, 2.75) is 33.1 Å². The Kier molecular flexibility index (Phi) is 6.87. The Morgan fingerprint density at radius 3 is 2.44 bits per heavy atom. The minimum absolute atomic E-state index is 0.0367. The number of aromatic amines is 2. The fourth-order valence-corrected chi connectivity index (χ4v) is 5.43. The highest BCUT2D eigenvalue weighted by Gasteiger charge is 2.20. The van der Waals surface area contributed by atoms with Gasteiger partial charge in [-0.2, -0.15) is 5.10 Å². The van der Waals surface area contributed by atoms with Crippen molar-refractivity contribution in [1.29, 1.82) is 0 Å². The van der Waals surface area contributed by atoms with Gasteiger partial charge in [0.1, 0.15) is 5.69 Å². The number of hydrogen-bond donors (Lipinski definition) is 3. The van der Waals surface area contributed by atoms with Crippen molar-refractivity contribution in [2.75, 3.05) is 43.4 Å². The normalized spacial score (nSPS) is 14.5. The lowest BCUT2D eigenvalue weighted by Crippen LogP contribution is -2.44. The lowest BCUT2D eigenvalue weighted by Gasteiger charge is -2.34. The Morgan fingerprint density at radius 1 is 0.951 bits per heavy atom. The third-order valence-corrected chi connectivity index (χ3v) is 8.10. The number of fused-ring (bicyclic) bond motifs is 1. The van der Waals surface area contributed by atoms with Crippen molar-refractivity contribution >= 4 is 28.3 Å². The van der Waals surface area contributed by atoms with E-state index in [0.29, 0.717) is 5.56 Å². The van der Waals surface area contributed by atoms with Gasteiger partial charge in [0.15, 0.2) is 5.82 Å². The second-order valence-corrected chi connectivity index (χ2v) is 12.0. The quantitative estimate of drug-likeness (QED) is 0.243. The molecule has 0 radical (unpaired) electrons. The van der Waals surface area contributed by atoms with E-state index in [-0.39, 0.29) is 11.3 Å². The molecular formula is C33H37N7O. The maximum atomic E-state index is 13.1. The van der Waals surface area contributed by atoms with Crippen LogP contribution in [-0.4, -0.2) is 64.2 Å². The van der Waals surface area contributed by atoms with Crippen molar-refractivity contribution < 1.29 is 4.79 Å². The number of piperazine rings is 1. The Morgan fingerprint density at radius 2 is 1.71 bits per heavy atom. The number of nitrogens with zero attached hydrogens (tertiary/aromatic N) is 4. The molecule has 1 aliphatic heterocycles. The van der Waals surface area contributed by atoms with Gasteiger partial charge in [-0.15, -0.1) is 0 Å². The summed E-state index contributed by atoms with van der Waals surface area (Å²) in [6.45, 7) is 12.7. The van der Waals surface area contributed by atoms with Gasteiger partial charge in [-0.3, -0.25) is 9.89 Å². The molecule has 1 fully saturated rings. The van der Waals surface area contributed by atoms with Gasteiger partial charge in [0, 0.05) is 48.7 Å². The molecule has 1 aliphatic rings. The van der Waals surface area contributed by atoms with E-state index in [0.717, 1.165) is 71.1 Å². The van der Waals surface area contributed by atoms with E-state index in [1.165, 1.54) is 11.3 Å². The number of rotatable bonds is 5. The smallest absolute Gasteiger partial charge is 0.255 e. The highest BCUT2D eigenvalue weighted by atomic mass is 16.1. The molecule has 6 rings (SSSR count). The van der Waals surface area contributed by atoms with Crippen molar-refractivity contribution in [3.8, 4) is 22.6 Å². The molecule has 2 aromatic heterocycles. The molecular weight excluding hydrogens is 510 g/mol. The molecule has 1 saturated heterocycles. The SMILES string of the molecule is Cc1c(NC(=O)c2ccc(C(C)(C)C)cc2)cccc1-c1cn[nH]c1-c1nc2ccc(N3CCN(C)CC3)cc2[nH]1. The number of aromatic nitrogens is 4. The first-order valence-electron chi connectivity index (χ1n) is 14.2. The Bertz CT molecular complexity index is 1700. The van der Waals surface area contributed by atoms with Gasteiger partial charge in [-0.1, -0.05) is 45.0 Å². The van der Waals surface area contributed by atoms with Gasteiger partial charge < -0.3 is 20.1 Å². The minimum atomic E-state index is -0.133. The van der Waals surface area contributed by atoms with Crippen LogP contribution in [0.1, 0.15) is 42.3 Å². The predicted molar refractivity (Wildman–Crippen MR) is 167 cm³/mol. The van der Waals surface area contributed by atoms with Crippen molar-refractivity contribution in [3.05, 3.63) is 83.6 Å². The average molecular weight is 548 g/mol. The Balaban J connectivity index is 1.26. The van der Waals surface area contributed by atoms with Gasteiger partial charge in [-0.05, 0) is 72.5 Å². The first-order valence-corrected chi connectivity index (χ1v) is 14.2. The molecule has 0 bridgehead atoms. The van der Waals surface area contributed by atoms with Crippen LogP contribution in [0, 0.1) is 6.92 Å². The van der Waals surface area contributed by atoms with Crippen LogP contribution in [0.15, 0.2) is 66.9 Å². The van der Waals surface area contributed by atoms with Crippen LogP contribution >= 0.6 is 0 Å². The van der Waals surface area contributed by atoms with Crippen LogP contribution in [0.25, 0.3) is 33.7 Å². The van der Waals surface area contributed by atoms with Gasteiger partial charge in [0.2, 0.25) is 0 Å². The van der Waals surface area contributed by atoms with Crippen molar-refractivity contribution in [3.63, 3.8) is 0 Å². The number of H-pyrrole nitrogens is 2. The molecule has 5 aromatic rings. The number of anilines is 2. The molecule has 41 heavy (non-hydrogen) atoms. The largest absolute Gasteiger partial charge is 0.369 e. The van der Waals surface area contributed by atoms with E-state index in [2.05, 4.69) is 76.3 Å². The molecule has 0 aliphatic carbocycles. The van der Waals surface area contributed by atoms with E-state index in [9.17, 15) is 4.79 Å². The van der Waals surface area contributed by atoms with Gasteiger partial charge in [0.05, 0.1) is 17.2 Å². The third kappa shape index (κ3) is 5.35. The zero-order valence-electron chi connectivity index (χ0n) is 24.4. The molecule has 8 heteroatoms. The van der Waals surface area contributed by atoms with Crippen LogP contribution in [0.2, 0.25) is 0 Å². The summed E-state index contributed by atoms with van der Waals surface area (Å²) in [6, 6.07) is 20.2. The molecule has 3 aromatic carbocycles. The molecule has 0 spiro atoms. The predicted octanol–water partition coefficient (Wildman–Crippen LogP) is 6.23. The molecule has 3 N–H and O–H groups in total. The Hall–Kier alpha value is -4.43. The van der Waals surface area contributed by atoms with Crippen molar-refractivity contribution in [1.82, 2.24) is 25.1 Å². The maximum absolute atomic E-state index is 13.1. The monoisotopic (exact) mass is 547 g/mol. The van der Waals surface area contributed by atoms with Crippen LogP contribution in [0.5, 0.6) is 0 Å². The van der Waals surface area contributed by atoms with E-state index in [1.807, 2.05) is 55.6 Å². The summed E-state index contributed by atoms with van der Waals surface area (Å²) in [6.07, 6.45) is 1.82. The maximum Gasteiger partial charge on any atom is 0.255 e. The van der Waals surface area contributed by atoms with E-state index in [1.54, 1.807) is 0 Å². The summed E-state index contributed by atoms with van der Waals surface area (Å²) in [5, 5.41) is 10.6. The second kappa shape index (κ2) is 10.5. The number of benzene rings is 3. The lowest BCUT2D eigenvalue weighted by molar-refractivity contribution is 0.102. The van der Waals surface area contributed by atoms with Gasteiger partial charge in [0.25, 0.3) is 5.91 Å². The van der Waals surface area contributed by atoms with E-state index in [4.69, 9.17) is 4.98 Å². The van der Waals surface area contributed by atoms with Crippen LogP contribution in [-0.2, 0) is 5.41 Å². The van der Waals surface area contributed by atoms with Gasteiger partial charge in [-0.25, -0.2) is 4.98 Å². The highest BCUT2D eigenvalue weighted by molar-refractivity contribution is 6.05. The molecule has 210 valence electrons. The van der Waals surface area contributed by atoms with Crippen LogP contribution in [0.4, 0.5) is 11.4 Å². The summed E-state index contributed by atoms with van der Waals surface area (Å²) in [5.74, 6) is 0.599. The molecule has 0 saturated carbocycles. The number of carbonyl (C=O) groups is 1. The topological polar surface area (TPSA) is 92.9 Å². The van der Waals surface area contributed by atoms with E-state index >= 15 is 0 Å². The third-order valence-electron chi connectivity index (χ3n) is 8.10. The number of nitrogens with one attached hydrogen (secondary N) is 3. The zero-order chi connectivity index (χ0) is 28.7. The summed E-state index contributed by atoms with van der Waals surface area (Å²) >= 11 is 0. The lowest BCUT2D eigenvalue weighted by atomic mass is 9.86. The molecule has 1 amide bonds. The molecule has 8 nitrogen and oxygen atoms in total. The fourth-order valence-electron chi connectivity index (χ4n) is 5.43. The average Bonchev–Trinajstić information content (AvgIpc) is 3.61. The molecule has 0 atom stereocenters. The number of carbonyl (C=O) groups excluding carboxylic acids is 1. The Labute approximate surface area is 240 Å². The first kappa shape index (κ1) is 26.8. The molecule has 0 unspecified atom stereocenters. The standard InChI is InChI=1S/C33H37N7O/c1-21-25(7-6-8-27(21)37-32(41)22-9-11-23(12-10-22)33(2,3)4)26-20-34-38-30(26)31-35-28-14-13-24(19-29(28)36-31)40-17-15-39(5)16-18-40/h6-14,19-20H,15-18H2,1-5H3,(H,34,38)(H,35,36)(H,37,41). The number of imidazole rings is 1. The second-order valence-electron chi connectivity index (χ2n) is 12.0. The zero-order valence-corrected chi connectivity index (χ0v) is 24.4. The number of likely N-dealkylation sites (N-methyl/N-ethyl adjacent to an activating group) is 1. The van der Waals surface area contributed by atoms with Crippen LogP contribution < -0.4 is 10.2 Å². The number of hydrogen-bond acceptors (Lipinski definition) is 5. The highest BCUT2D eigenvalue weighted by Crippen LogP contribution is 2.35. The van der Waals surface area contributed by atoms with Crippen LogP contribution in [0.3, 0.4) is 0 Å². The number of amides is 1. The van der Waals surface area contributed by atoms with Crippen molar-refractivity contribution in [2.24, 2.45) is 0 Å².